The van der Waals surface area contributed by atoms with Crippen LogP contribution >= 0.6 is 0 Å². The largest absolute Gasteiger partial charge is 0.477 e. The van der Waals surface area contributed by atoms with Gasteiger partial charge in [-0.05, 0) is 32.4 Å². The van der Waals surface area contributed by atoms with E-state index in [-0.39, 0.29) is 17.3 Å². The van der Waals surface area contributed by atoms with Crippen LogP contribution in [-0.4, -0.2) is 78.4 Å². The second-order valence-electron chi connectivity index (χ2n) is 8.38. The van der Waals surface area contributed by atoms with Crippen LogP contribution in [0.1, 0.15) is 41.4 Å². The Balaban J connectivity index is 1.35. The van der Waals surface area contributed by atoms with Crippen LogP contribution in [0.2, 0.25) is 0 Å². The summed E-state index contributed by atoms with van der Waals surface area (Å²) in [5.74, 6) is 0.656. The van der Waals surface area contributed by atoms with E-state index in [0.717, 1.165) is 43.0 Å². The van der Waals surface area contributed by atoms with E-state index >= 15 is 0 Å². The van der Waals surface area contributed by atoms with Gasteiger partial charge in [0.1, 0.15) is 29.4 Å². The SMILES string of the molecule is Nc1ncnc(N2CCC(c3nc(-c4cn[nH]c4)cn3CCN3CCC3)CC2)c1C(=O)O. The number of nitrogens with two attached hydrogens (primary N) is 1. The molecule has 11 nitrogen and oxygen atoms in total. The third kappa shape index (κ3) is 3.91. The molecule has 4 N–H and O–H groups in total. The van der Waals surface area contributed by atoms with Gasteiger partial charge in [0.25, 0.3) is 0 Å². The second-order valence-corrected chi connectivity index (χ2v) is 8.38. The number of aromatic carboxylic acids is 1. The summed E-state index contributed by atoms with van der Waals surface area (Å²) in [6, 6.07) is 0. The summed E-state index contributed by atoms with van der Waals surface area (Å²) >= 11 is 0. The monoisotopic (exact) mass is 437 g/mol. The van der Waals surface area contributed by atoms with Gasteiger partial charge in [-0.1, -0.05) is 0 Å². The Morgan fingerprint density at radius 3 is 2.66 bits per heavy atom. The van der Waals surface area contributed by atoms with Crippen LogP contribution in [0.3, 0.4) is 0 Å². The molecular formula is C21H27N9O2. The zero-order valence-corrected chi connectivity index (χ0v) is 17.8. The molecule has 0 saturated carbocycles. The normalized spacial score (nSPS) is 17.4. The van der Waals surface area contributed by atoms with Gasteiger partial charge < -0.3 is 25.2 Å². The van der Waals surface area contributed by atoms with Gasteiger partial charge in [0, 0.05) is 50.1 Å². The van der Waals surface area contributed by atoms with E-state index < -0.39 is 5.97 Å². The molecule has 5 rings (SSSR count). The lowest BCUT2D eigenvalue weighted by Crippen LogP contribution is -2.39. The van der Waals surface area contributed by atoms with Crippen LogP contribution in [0, 0.1) is 0 Å². The van der Waals surface area contributed by atoms with E-state index in [2.05, 4.69) is 35.8 Å². The summed E-state index contributed by atoms with van der Waals surface area (Å²) in [4.78, 5) is 29.2. The number of nitrogens with zero attached hydrogens (tertiary/aromatic N) is 7. The van der Waals surface area contributed by atoms with Crippen molar-refractivity contribution in [3.8, 4) is 11.3 Å². The number of nitrogens with one attached hydrogen (secondary N) is 1. The fourth-order valence-electron chi connectivity index (χ4n) is 4.50. The molecule has 3 aromatic rings. The van der Waals surface area contributed by atoms with Crippen molar-refractivity contribution >= 4 is 17.6 Å². The minimum Gasteiger partial charge on any atom is -0.477 e. The lowest BCUT2D eigenvalue weighted by Gasteiger charge is -2.34. The summed E-state index contributed by atoms with van der Waals surface area (Å²) in [5.41, 5.74) is 7.69. The summed E-state index contributed by atoms with van der Waals surface area (Å²) < 4.78 is 2.28. The highest BCUT2D eigenvalue weighted by Crippen LogP contribution is 2.33. The van der Waals surface area contributed by atoms with E-state index in [1.54, 1.807) is 6.20 Å². The van der Waals surface area contributed by atoms with Gasteiger partial charge in [-0.25, -0.2) is 19.7 Å². The number of anilines is 2. The fourth-order valence-corrected chi connectivity index (χ4v) is 4.50. The number of rotatable bonds is 7. The number of likely N-dealkylation sites (tertiary alicyclic amines) is 1. The molecule has 0 atom stereocenters. The predicted octanol–water partition coefficient (Wildman–Crippen LogP) is 1.43. The Bertz CT molecular complexity index is 1080. The standard InChI is InChI=1S/C21H27N9O2/c22-18-17(21(31)32)20(24-13-23-18)29-6-2-14(3-7-29)19-27-16(15-10-25-26-11-15)12-30(19)9-8-28-4-1-5-28/h10-14H,1-9H2,(H,25,26)(H,31,32)(H2,22,23,24). The van der Waals surface area contributed by atoms with Crippen LogP contribution in [0.4, 0.5) is 11.6 Å². The average molecular weight is 438 g/mol. The number of nitrogen functional groups attached to an aromatic ring is 1. The van der Waals surface area contributed by atoms with Crippen molar-refractivity contribution in [3.63, 3.8) is 0 Å². The van der Waals surface area contributed by atoms with Crippen LogP contribution in [-0.2, 0) is 6.54 Å². The number of carboxylic acid groups (broad SMARTS) is 1. The number of carbonyl (C=O) groups is 1. The first kappa shape index (κ1) is 20.4. The van der Waals surface area contributed by atoms with E-state index in [0.29, 0.717) is 18.9 Å². The molecule has 0 radical (unpaired) electrons. The number of H-pyrrole nitrogens is 1. The maximum atomic E-state index is 11.7. The van der Waals surface area contributed by atoms with Crippen molar-refractivity contribution in [2.75, 3.05) is 43.4 Å². The molecular weight excluding hydrogens is 410 g/mol. The average Bonchev–Trinajstić information content (AvgIpc) is 3.42. The minimum atomic E-state index is -1.11. The van der Waals surface area contributed by atoms with Crippen molar-refractivity contribution in [2.45, 2.75) is 31.7 Å². The van der Waals surface area contributed by atoms with Crippen LogP contribution in [0.5, 0.6) is 0 Å². The van der Waals surface area contributed by atoms with Crippen LogP contribution < -0.4 is 10.6 Å². The first-order valence-corrected chi connectivity index (χ1v) is 11.0. The maximum Gasteiger partial charge on any atom is 0.343 e. The third-order valence-corrected chi connectivity index (χ3v) is 6.44. The molecule has 2 saturated heterocycles. The number of aromatic nitrogens is 6. The summed E-state index contributed by atoms with van der Waals surface area (Å²) in [5, 5.41) is 16.5. The zero-order chi connectivity index (χ0) is 22.1. The molecule has 0 unspecified atom stereocenters. The molecule has 2 aliphatic heterocycles. The molecule has 3 aromatic heterocycles. The van der Waals surface area contributed by atoms with Crippen LogP contribution in [0.15, 0.2) is 24.9 Å². The topological polar surface area (TPSA) is 142 Å². The van der Waals surface area contributed by atoms with E-state index in [1.807, 2.05) is 11.1 Å². The van der Waals surface area contributed by atoms with Gasteiger partial charge in [0.05, 0.1) is 11.9 Å². The highest BCUT2D eigenvalue weighted by molar-refractivity contribution is 5.98. The van der Waals surface area contributed by atoms with Crippen molar-refractivity contribution in [2.24, 2.45) is 0 Å². The smallest absolute Gasteiger partial charge is 0.343 e. The molecule has 2 fully saturated rings. The summed E-state index contributed by atoms with van der Waals surface area (Å²) in [6.07, 6.45) is 10.1. The molecule has 0 amide bonds. The maximum absolute atomic E-state index is 11.7. The molecule has 0 aromatic carbocycles. The quantitative estimate of drug-likeness (QED) is 0.500. The molecule has 11 heteroatoms. The first-order chi connectivity index (χ1) is 15.6. The lowest BCUT2D eigenvalue weighted by molar-refractivity contribution is 0.0698. The van der Waals surface area contributed by atoms with E-state index in [1.165, 1.54) is 25.8 Å². The zero-order valence-electron chi connectivity index (χ0n) is 17.8. The van der Waals surface area contributed by atoms with Crippen LogP contribution in [0.25, 0.3) is 11.3 Å². The Morgan fingerprint density at radius 2 is 2.00 bits per heavy atom. The molecule has 0 aliphatic carbocycles. The Labute approximate surface area is 185 Å². The highest BCUT2D eigenvalue weighted by Gasteiger charge is 2.29. The summed E-state index contributed by atoms with van der Waals surface area (Å²) in [6.45, 7) is 5.64. The number of imidazole rings is 1. The van der Waals surface area contributed by atoms with Crippen molar-refractivity contribution in [1.29, 1.82) is 0 Å². The van der Waals surface area contributed by atoms with Crippen molar-refractivity contribution < 1.29 is 9.90 Å². The first-order valence-electron chi connectivity index (χ1n) is 11.0. The van der Waals surface area contributed by atoms with Gasteiger partial charge in [-0.2, -0.15) is 5.10 Å². The second kappa shape index (κ2) is 8.58. The third-order valence-electron chi connectivity index (χ3n) is 6.44. The molecule has 2 aliphatic rings. The Morgan fingerprint density at radius 1 is 1.19 bits per heavy atom. The Kier molecular flexibility index (Phi) is 5.48. The summed E-state index contributed by atoms with van der Waals surface area (Å²) in [7, 11) is 0. The van der Waals surface area contributed by atoms with E-state index in [9.17, 15) is 9.90 Å². The number of aromatic amines is 1. The van der Waals surface area contributed by atoms with Gasteiger partial charge in [0.2, 0.25) is 0 Å². The van der Waals surface area contributed by atoms with Crippen molar-refractivity contribution in [1.82, 2.24) is 34.6 Å². The lowest BCUT2D eigenvalue weighted by atomic mass is 9.95. The van der Waals surface area contributed by atoms with Gasteiger partial charge in [-0.3, -0.25) is 5.10 Å². The number of piperidine rings is 1. The van der Waals surface area contributed by atoms with Gasteiger partial charge in [-0.15, -0.1) is 0 Å². The molecule has 32 heavy (non-hydrogen) atoms. The van der Waals surface area contributed by atoms with Gasteiger partial charge in [0.15, 0.2) is 0 Å². The fraction of sp³-hybridized carbons (Fsp3) is 0.476. The minimum absolute atomic E-state index is 0.00378. The van der Waals surface area contributed by atoms with Crippen molar-refractivity contribution in [3.05, 3.63) is 36.3 Å². The van der Waals surface area contributed by atoms with E-state index in [4.69, 9.17) is 10.7 Å². The van der Waals surface area contributed by atoms with Gasteiger partial charge >= 0.3 is 5.97 Å². The number of hydrogen-bond donors (Lipinski definition) is 3. The Hall–Kier alpha value is -3.47. The highest BCUT2D eigenvalue weighted by atomic mass is 16.4. The number of carboxylic acids is 1. The molecule has 168 valence electrons. The molecule has 5 heterocycles. The predicted molar refractivity (Wildman–Crippen MR) is 118 cm³/mol. The number of hydrogen-bond acceptors (Lipinski definition) is 8. The molecule has 0 bridgehead atoms. The molecule has 0 spiro atoms.